The fraction of sp³-hybridized carbons (Fsp3) is 0.583. The maximum atomic E-state index is 12.2. The smallest absolute Gasteiger partial charge is 0.274 e. The highest BCUT2D eigenvalue weighted by Gasteiger charge is 2.24. The average molecular weight is 234 g/mol. The number of nitrogens with two attached hydrogens (primary N) is 1. The van der Waals surface area contributed by atoms with Crippen LogP contribution in [0, 0.1) is 5.92 Å². The van der Waals surface area contributed by atoms with E-state index >= 15 is 0 Å². The second-order valence-corrected chi connectivity index (χ2v) is 4.50. The Morgan fingerprint density at radius 2 is 2.41 bits per heavy atom. The summed E-state index contributed by atoms with van der Waals surface area (Å²) in [5.41, 5.74) is 5.88. The van der Waals surface area contributed by atoms with Gasteiger partial charge in [0.25, 0.3) is 5.91 Å². The monoisotopic (exact) mass is 234 g/mol. The minimum atomic E-state index is -0.0528. The molecule has 1 fully saturated rings. The molecule has 0 bridgehead atoms. The average Bonchev–Trinajstić information content (AvgIpc) is 2.38. The molecule has 0 radical (unpaired) electrons. The van der Waals surface area contributed by atoms with Gasteiger partial charge in [-0.25, -0.2) is 4.98 Å². The number of hydrogen-bond donors (Lipinski definition) is 1. The summed E-state index contributed by atoms with van der Waals surface area (Å²) in [4.78, 5) is 22.0. The number of hydrogen-bond acceptors (Lipinski definition) is 4. The molecule has 1 saturated heterocycles. The summed E-state index contributed by atoms with van der Waals surface area (Å²) in [6.45, 7) is 3.80. The van der Waals surface area contributed by atoms with Crippen LogP contribution in [0.4, 0.5) is 5.82 Å². The number of nitrogen functional groups attached to an aromatic ring is 1. The third-order valence-electron chi connectivity index (χ3n) is 3.26. The van der Waals surface area contributed by atoms with Gasteiger partial charge in [0.05, 0.1) is 12.4 Å². The Morgan fingerprint density at radius 1 is 1.59 bits per heavy atom. The predicted octanol–water partition coefficient (Wildman–Crippen LogP) is 1.32. The molecule has 1 aliphatic rings. The second-order valence-electron chi connectivity index (χ2n) is 4.50. The first-order chi connectivity index (χ1) is 8.20. The van der Waals surface area contributed by atoms with Gasteiger partial charge < -0.3 is 10.6 Å². The number of likely N-dealkylation sites (tertiary alicyclic amines) is 1. The van der Waals surface area contributed by atoms with Crippen molar-refractivity contribution in [2.24, 2.45) is 5.92 Å². The molecular formula is C12H18N4O. The first-order valence-corrected chi connectivity index (χ1v) is 6.07. The SMILES string of the molecule is CCC1CCCN(C(=O)c2cncc(N)n2)C1. The first-order valence-electron chi connectivity index (χ1n) is 6.07. The molecule has 1 unspecified atom stereocenters. The largest absolute Gasteiger partial charge is 0.382 e. The zero-order valence-electron chi connectivity index (χ0n) is 10.1. The van der Waals surface area contributed by atoms with Gasteiger partial charge in [-0.2, -0.15) is 0 Å². The van der Waals surface area contributed by atoms with Crippen LogP contribution in [0.1, 0.15) is 36.7 Å². The molecule has 5 nitrogen and oxygen atoms in total. The number of piperidine rings is 1. The third-order valence-corrected chi connectivity index (χ3v) is 3.26. The molecule has 17 heavy (non-hydrogen) atoms. The maximum absolute atomic E-state index is 12.2. The van der Waals surface area contributed by atoms with Gasteiger partial charge in [-0.1, -0.05) is 13.3 Å². The van der Waals surface area contributed by atoms with Crippen molar-refractivity contribution in [3.05, 3.63) is 18.1 Å². The third kappa shape index (κ3) is 2.72. The summed E-state index contributed by atoms with van der Waals surface area (Å²) < 4.78 is 0. The lowest BCUT2D eigenvalue weighted by Crippen LogP contribution is -2.40. The van der Waals surface area contributed by atoms with Crippen molar-refractivity contribution in [3.63, 3.8) is 0 Å². The Morgan fingerprint density at radius 3 is 3.12 bits per heavy atom. The van der Waals surface area contributed by atoms with Crippen LogP contribution in [-0.2, 0) is 0 Å². The van der Waals surface area contributed by atoms with E-state index < -0.39 is 0 Å². The highest BCUT2D eigenvalue weighted by Crippen LogP contribution is 2.20. The Kier molecular flexibility index (Phi) is 3.56. The van der Waals surface area contributed by atoms with Crippen molar-refractivity contribution in [1.29, 1.82) is 0 Å². The Bertz CT molecular complexity index is 407. The van der Waals surface area contributed by atoms with Crippen LogP contribution in [0.15, 0.2) is 12.4 Å². The number of aromatic nitrogens is 2. The first kappa shape index (κ1) is 11.8. The van der Waals surface area contributed by atoms with E-state index in [1.807, 2.05) is 4.90 Å². The maximum Gasteiger partial charge on any atom is 0.274 e. The van der Waals surface area contributed by atoms with E-state index in [1.165, 1.54) is 18.8 Å². The predicted molar refractivity (Wildman–Crippen MR) is 65.4 cm³/mol. The molecule has 5 heteroatoms. The fourth-order valence-electron chi connectivity index (χ4n) is 2.23. The van der Waals surface area contributed by atoms with Crippen LogP contribution in [0.25, 0.3) is 0 Å². The quantitative estimate of drug-likeness (QED) is 0.837. The molecule has 1 amide bonds. The molecule has 2 N–H and O–H groups in total. The van der Waals surface area contributed by atoms with E-state index in [-0.39, 0.29) is 5.91 Å². The normalized spacial score (nSPS) is 20.3. The standard InChI is InChI=1S/C12H18N4O/c1-2-9-4-3-5-16(8-9)12(17)10-6-14-7-11(13)15-10/h6-7,9H,2-5,8H2,1H3,(H2,13,15). The minimum absolute atomic E-state index is 0.0528. The Balaban J connectivity index is 2.09. The zero-order valence-corrected chi connectivity index (χ0v) is 10.1. The summed E-state index contributed by atoms with van der Waals surface area (Å²) in [5, 5.41) is 0. The summed E-state index contributed by atoms with van der Waals surface area (Å²) in [7, 11) is 0. The summed E-state index contributed by atoms with van der Waals surface area (Å²) in [5.74, 6) is 0.851. The summed E-state index contributed by atoms with van der Waals surface area (Å²) in [6, 6.07) is 0. The van der Waals surface area contributed by atoms with Crippen molar-refractivity contribution in [2.45, 2.75) is 26.2 Å². The summed E-state index contributed by atoms with van der Waals surface area (Å²) >= 11 is 0. The second kappa shape index (κ2) is 5.12. The van der Waals surface area contributed by atoms with E-state index in [2.05, 4.69) is 16.9 Å². The molecule has 0 aromatic carbocycles. The Labute approximate surface area is 101 Å². The molecule has 92 valence electrons. The molecule has 2 heterocycles. The van der Waals surface area contributed by atoms with Gasteiger partial charge in [-0.05, 0) is 18.8 Å². The minimum Gasteiger partial charge on any atom is -0.382 e. The topological polar surface area (TPSA) is 72.1 Å². The van der Waals surface area contributed by atoms with Gasteiger partial charge in [0.2, 0.25) is 0 Å². The molecule has 2 rings (SSSR count). The number of carbonyl (C=O) groups excluding carboxylic acids is 1. The number of nitrogens with zero attached hydrogens (tertiary/aromatic N) is 3. The molecule has 0 spiro atoms. The molecule has 1 aromatic rings. The van der Waals surface area contributed by atoms with Gasteiger partial charge in [-0.3, -0.25) is 9.78 Å². The van der Waals surface area contributed by atoms with E-state index in [0.29, 0.717) is 17.4 Å². The molecule has 1 aliphatic heterocycles. The van der Waals surface area contributed by atoms with E-state index in [4.69, 9.17) is 5.73 Å². The van der Waals surface area contributed by atoms with Crippen LogP contribution in [-0.4, -0.2) is 33.9 Å². The molecule has 0 saturated carbocycles. The van der Waals surface area contributed by atoms with Gasteiger partial charge in [0.1, 0.15) is 11.5 Å². The highest BCUT2D eigenvalue weighted by molar-refractivity contribution is 5.92. The zero-order chi connectivity index (χ0) is 12.3. The van der Waals surface area contributed by atoms with Crippen LogP contribution < -0.4 is 5.73 Å². The van der Waals surface area contributed by atoms with Crippen LogP contribution in [0.5, 0.6) is 0 Å². The molecule has 1 atom stereocenters. The molecule has 0 aliphatic carbocycles. The molecular weight excluding hydrogens is 216 g/mol. The van der Waals surface area contributed by atoms with Crippen molar-refractivity contribution in [3.8, 4) is 0 Å². The fourth-order valence-corrected chi connectivity index (χ4v) is 2.23. The van der Waals surface area contributed by atoms with Crippen molar-refractivity contribution < 1.29 is 4.79 Å². The van der Waals surface area contributed by atoms with Gasteiger partial charge >= 0.3 is 0 Å². The number of rotatable bonds is 2. The lowest BCUT2D eigenvalue weighted by Gasteiger charge is -2.32. The van der Waals surface area contributed by atoms with Crippen LogP contribution in [0.3, 0.4) is 0 Å². The van der Waals surface area contributed by atoms with E-state index in [1.54, 1.807) is 0 Å². The van der Waals surface area contributed by atoms with Crippen LogP contribution >= 0.6 is 0 Å². The van der Waals surface area contributed by atoms with Crippen molar-refractivity contribution in [2.75, 3.05) is 18.8 Å². The number of anilines is 1. The number of amides is 1. The van der Waals surface area contributed by atoms with E-state index in [0.717, 1.165) is 25.9 Å². The Hall–Kier alpha value is -1.65. The highest BCUT2D eigenvalue weighted by atomic mass is 16.2. The molecule has 1 aromatic heterocycles. The van der Waals surface area contributed by atoms with Gasteiger partial charge in [0.15, 0.2) is 0 Å². The number of carbonyl (C=O) groups is 1. The van der Waals surface area contributed by atoms with Crippen molar-refractivity contribution >= 4 is 11.7 Å². The van der Waals surface area contributed by atoms with Gasteiger partial charge in [-0.15, -0.1) is 0 Å². The lowest BCUT2D eigenvalue weighted by molar-refractivity contribution is 0.0665. The van der Waals surface area contributed by atoms with Gasteiger partial charge in [0, 0.05) is 13.1 Å². The van der Waals surface area contributed by atoms with Crippen molar-refractivity contribution in [1.82, 2.24) is 14.9 Å². The van der Waals surface area contributed by atoms with E-state index in [9.17, 15) is 4.79 Å². The lowest BCUT2D eigenvalue weighted by atomic mass is 9.95. The summed E-state index contributed by atoms with van der Waals surface area (Å²) in [6.07, 6.45) is 6.32. The van der Waals surface area contributed by atoms with Crippen LogP contribution in [0.2, 0.25) is 0 Å².